The summed E-state index contributed by atoms with van der Waals surface area (Å²) in [7, 11) is 2.29. The van der Waals surface area contributed by atoms with Crippen LogP contribution in [-0.4, -0.2) is 67.0 Å². The van der Waals surface area contributed by atoms with E-state index in [1.54, 1.807) is 30.3 Å². The number of hydrogen-bond donors (Lipinski definition) is 3. The van der Waals surface area contributed by atoms with Gasteiger partial charge in [-0.3, -0.25) is 4.79 Å². The van der Waals surface area contributed by atoms with Gasteiger partial charge in [-0.2, -0.15) is 0 Å². The molecule has 0 saturated heterocycles. The molecule has 0 spiro atoms. The number of esters is 3. The van der Waals surface area contributed by atoms with Gasteiger partial charge >= 0.3 is 17.9 Å². The van der Waals surface area contributed by atoms with E-state index in [1.807, 2.05) is 0 Å². The van der Waals surface area contributed by atoms with Gasteiger partial charge in [0.1, 0.15) is 18.3 Å². The molecule has 3 aromatic rings. The van der Waals surface area contributed by atoms with Crippen molar-refractivity contribution < 1.29 is 58.1 Å². The summed E-state index contributed by atoms with van der Waals surface area (Å²) in [6.45, 7) is -1.82. The van der Waals surface area contributed by atoms with Gasteiger partial charge in [-0.15, -0.1) is 0 Å². The fraction of sp³-hybridized carbons (Fsp3) is 0.321. The number of hydrogen-bond acceptors (Lipinski definition) is 12. The lowest BCUT2D eigenvalue weighted by Crippen LogP contribution is -2.41. The molecule has 0 amide bonds. The van der Waals surface area contributed by atoms with Gasteiger partial charge < -0.3 is 43.7 Å². The molecule has 3 aromatic carbocycles. The molecule has 5 rings (SSSR count). The maximum atomic E-state index is 13.3. The Morgan fingerprint density at radius 3 is 2.25 bits per heavy atom. The van der Waals surface area contributed by atoms with E-state index < -0.39 is 49.8 Å². The van der Waals surface area contributed by atoms with Crippen LogP contribution in [0.5, 0.6) is 17.2 Å². The van der Waals surface area contributed by atoms with Crippen LogP contribution in [0, 0.1) is 5.92 Å². The number of benzene rings is 3. The highest BCUT2D eigenvalue weighted by molar-refractivity contribution is 6.14. The van der Waals surface area contributed by atoms with Crippen LogP contribution in [0.15, 0.2) is 30.3 Å². The summed E-state index contributed by atoms with van der Waals surface area (Å²) in [6, 6.07) is 8.28. The first-order valence-corrected chi connectivity index (χ1v) is 12.2. The molecule has 2 heterocycles. The summed E-state index contributed by atoms with van der Waals surface area (Å²) in [4.78, 5) is 38.6. The van der Waals surface area contributed by atoms with Crippen molar-refractivity contribution in [1.29, 1.82) is 0 Å². The lowest BCUT2D eigenvalue weighted by atomic mass is 9.87. The topological polar surface area (TPSA) is 167 Å². The van der Waals surface area contributed by atoms with Crippen molar-refractivity contribution in [3.8, 4) is 28.4 Å². The highest BCUT2D eigenvalue weighted by Crippen LogP contribution is 2.47. The molecule has 0 aromatic heterocycles. The molecule has 3 N–H and O–H groups in total. The van der Waals surface area contributed by atoms with E-state index in [2.05, 4.69) is 4.74 Å². The first-order chi connectivity index (χ1) is 19.4. The number of methoxy groups -OCH3 is 2. The van der Waals surface area contributed by atoms with Crippen molar-refractivity contribution in [2.75, 3.05) is 27.6 Å². The number of carbonyl (C=O) groups excluding carboxylic acids is 3. The minimum atomic E-state index is -1.46. The molecule has 12 nitrogen and oxygen atoms in total. The Morgan fingerprint density at radius 2 is 1.60 bits per heavy atom. The van der Waals surface area contributed by atoms with Gasteiger partial charge in [0.25, 0.3) is 0 Å². The number of aliphatic hydroxyl groups is 3. The van der Waals surface area contributed by atoms with Gasteiger partial charge in [0.2, 0.25) is 6.79 Å². The summed E-state index contributed by atoms with van der Waals surface area (Å²) in [5, 5.41) is 30.7. The average Bonchev–Trinajstić information content (AvgIpc) is 3.60. The van der Waals surface area contributed by atoms with Crippen LogP contribution in [0.4, 0.5) is 0 Å². The van der Waals surface area contributed by atoms with E-state index in [0.29, 0.717) is 44.5 Å². The normalized spacial score (nSPS) is 15.0. The van der Waals surface area contributed by atoms with Gasteiger partial charge in [-0.25, -0.2) is 9.59 Å². The Hall–Kier alpha value is -4.23. The number of carbonyl (C=O) groups is 3. The van der Waals surface area contributed by atoms with Crippen LogP contribution >= 0.6 is 0 Å². The van der Waals surface area contributed by atoms with Crippen LogP contribution in [0.2, 0.25) is 0 Å². The molecular weight excluding hydrogens is 528 g/mol. The molecule has 210 valence electrons. The van der Waals surface area contributed by atoms with Crippen molar-refractivity contribution in [2.45, 2.75) is 25.9 Å². The third kappa shape index (κ3) is 4.50. The van der Waals surface area contributed by atoms with Crippen molar-refractivity contribution in [3.63, 3.8) is 0 Å². The van der Waals surface area contributed by atoms with E-state index in [1.165, 1.54) is 7.11 Å². The Morgan fingerprint density at radius 1 is 0.900 bits per heavy atom. The minimum Gasteiger partial charge on any atom is -0.467 e. The number of cyclic esters (lactones) is 1. The van der Waals surface area contributed by atoms with E-state index >= 15 is 0 Å². The molecular formula is C28H26O12. The second-order valence-electron chi connectivity index (χ2n) is 9.07. The second kappa shape index (κ2) is 11.1. The largest absolute Gasteiger partial charge is 0.467 e. The maximum absolute atomic E-state index is 13.3. The van der Waals surface area contributed by atoms with E-state index in [-0.39, 0.29) is 30.3 Å². The standard InChI is InChI=1S/C28H26O12/c1-35-25(28(34)36-2)18(10-31)26(32)40-24-17-6-15(9-30)14(8-29)5-16(17)22(23-19(24)11-37-27(23)33)13-3-4-20-21(7-13)39-12-38-20/h3-7,18,25,29-31H,8-12H2,1-2H3. The number of ether oxygens (including phenoxy) is 6. The number of aliphatic hydroxyl groups excluding tert-OH is 3. The highest BCUT2D eigenvalue weighted by Gasteiger charge is 2.39. The summed E-state index contributed by atoms with van der Waals surface area (Å²) >= 11 is 0. The third-order valence-electron chi connectivity index (χ3n) is 6.99. The fourth-order valence-corrected chi connectivity index (χ4v) is 4.99. The summed E-state index contributed by atoms with van der Waals surface area (Å²) < 4.78 is 31.8. The van der Waals surface area contributed by atoms with Crippen LogP contribution in [0.1, 0.15) is 27.0 Å². The van der Waals surface area contributed by atoms with Crippen LogP contribution in [0.3, 0.4) is 0 Å². The zero-order valence-corrected chi connectivity index (χ0v) is 21.6. The van der Waals surface area contributed by atoms with Gasteiger partial charge in [0.15, 0.2) is 17.6 Å². The molecule has 0 radical (unpaired) electrons. The molecule has 40 heavy (non-hydrogen) atoms. The summed E-state index contributed by atoms with van der Waals surface area (Å²) in [6.07, 6.45) is -1.46. The molecule has 12 heteroatoms. The monoisotopic (exact) mass is 554 g/mol. The lowest BCUT2D eigenvalue weighted by Gasteiger charge is -2.23. The van der Waals surface area contributed by atoms with Crippen LogP contribution in [0.25, 0.3) is 21.9 Å². The quantitative estimate of drug-likeness (QED) is 0.259. The predicted octanol–water partition coefficient (Wildman–Crippen LogP) is 1.59. The first kappa shape index (κ1) is 27.3. The fourth-order valence-electron chi connectivity index (χ4n) is 4.99. The highest BCUT2D eigenvalue weighted by atomic mass is 16.7. The van der Waals surface area contributed by atoms with Crippen LogP contribution in [-0.2, 0) is 43.6 Å². The first-order valence-electron chi connectivity index (χ1n) is 12.2. The smallest absolute Gasteiger partial charge is 0.339 e. The molecule has 2 aliphatic heterocycles. The Bertz CT molecular complexity index is 1510. The molecule has 0 saturated carbocycles. The van der Waals surface area contributed by atoms with E-state index in [4.69, 9.17) is 23.7 Å². The van der Waals surface area contributed by atoms with Crippen molar-refractivity contribution in [3.05, 3.63) is 52.6 Å². The Kier molecular flexibility index (Phi) is 7.59. The number of rotatable bonds is 9. The summed E-state index contributed by atoms with van der Waals surface area (Å²) in [5.41, 5.74) is 2.14. The van der Waals surface area contributed by atoms with E-state index in [0.717, 1.165) is 7.11 Å². The average molecular weight is 555 g/mol. The molecule has 0 bridgehead atoms. The second-order valence-corrected chi connectivity index (χ2v) is 9.07. The van der Waals surface area contributed by atoms with Crippen LogP contribution < -0.4 is 14.2 Å². The molecule has 0 aliphatic carbocycles. The SMILES string of the molecule is COC(=O)C(OC)C(CO)C(=O)Oc1c2c(c(-c3ccc4c(c3)OCO4)c3cc(CO)c(CO)cc13)C(=O)OC2. The van der Waals surface area contributed by atoms with Gasteiger partial charge in [0.05, 0.1) is 32.5 Å². The zero-order chi connectivity index (χ0) is 28.6. The minimum absolute atomic E-state index is 0.0448. The Labute approximate surface area is 227 Å². The summed E-state index contributed by atoms with van der Waals surface area (Å²) in [5.74, 6) is -3.08. The predicted molar refractivity (Wildman–Crippen MR) is 135 cm³/mol. The molecule has 0 fully saturated rings. The van der Waals surface area contributed by atoms with Gasteiger partial charge in [-0.1, -0.05) is 6.07 Å². The maximum Gasteiger partial charge on any atom is 0.339 e. The van der Waals surface area contributed by atoms with Gasteiger partial charge in [-0.05, 0) is 46.3 Å². The number of fused-ring (bicyclic) bond motifs is 3. The zero-order valence-electron chi connectivity index (χ0n) is 21.6. The lowest BCUT2D eigenvalue weighted by molar-refractivity contribution is -0.164. The van der Waals surface area contributed by atoms with Crippen molar-refractivity contribution in [2.24, 2.45) is 5.92 Å². The third-order valence-corrected chi connectivity index (χ3v) is 6.99. The van der Waals surface area contributed by atoms with Gasteiger partial charge in [0, 0.05) is 23.6 Å². The molecule has 2 unspecified atom stereocenters. The molecule has 2 atom stereocenters. The van der Waals surface area contributed by atoms with Crippen molar-refractivity contribution >= 4 is 28.7 Å². The molecule has 2 aliphatic rings. The van der Waals surface area contributed by atoms with E-state index in [9.17, 15) is 29.7 Å². The van der Waals surface area contributed by atoms with Crippen molar-refractivity contribution in [1.82, 2.24) is 0 Å². The Balaban J connectivity index is 1.75.